The number of benzene rings is 1. The van der Waals surface area contributed by atoms with Crippen molar-refractivity contribution in [3.05, 3.63) is 36.0 Å². The Hall–Kier alpha value is -3.16. The van der Waals surface area contributed by atoms with Crippen molar-refractivity contribution in [3.63, 3.8) is 0 Å². The molecule has 0 saturated heterocycles. The van der Waals surface area contributed by atoms with Crippen LogP contribution in [0.1, 0.15) is 56.8 Å². The van der Waals surface area contributed by atoms with Crippen LogP contribution in [0.2, 0.25) is 0 Å². The van der Waals surface area contributed by atoms with Gasteiger partial charge in [-0.25, -0.2) is 4.79 Å². The molecule has 0 radical (unpaired) electrons. The van der Waals surface area contributed by atoms with Gasteiger partial charge < -0.3 is 19.9 Å². The van der Waals surface area contributed by atoms with E-state index < -0.39 is 29.4 Å². The van der Waals surface area contributed by atoms with Crippen LogP contribution in [-0.2, 0) is 9.53 Å². The van der Waals surface area contributed by atoms with Gasteiger partial charge in [0.2, 0.25) is 0 Å². The number of rotatable bonds is 6. The average Bonchev–Trinajstić information content (AvgIpc) is 2.72. The van der Waals surface area contributed by atoms with E-state index in [1.165, 1.54) is 13.3 Å². The number of carbonyl (C=O) groups excluding carboxylic acids is 2. The summed E-state index contributed by atoms with van der Waals surface area (Å²) < 4.78 is 10.5. The van der Waals surface area contributed by atoms with Crippen LogP contribution in [0.25, 0.3) is 10.9 Å². The van der Waals surface area contributed by atoms with Crippen LogP contribution in [0.15, 0.2) is 30.5 Å². The maximum absolute atomic E-state index is 13.4. The molecule has 1 aliphatic carbocycles. The highest BCUT2D eigenvalue weighted by Crippen LogP contribution is 2.34. The lowest BCUT2D eigenvalue weighted by Crippen LogP contribution is -2.43. The Labute approximate surface area is 187 Å². The summed E-state index contributed by atoms with van der Waals surface area (Å²) in [5.41, 5.74) is 0.347. The third-order valence-electron chi connectivity index (χ3n) is 5.73. The number of hydrogen-bond acceptors (Lipinski definition) is 6. The number of methoxy groups -OCH3 is 1. The molecule has 8 heteroatoms. The number of Topliss-reactive ketones (excluding diaryl/α,β-unsaturated/α-hetero) is 1. The van der Waals surface area contributed by atoms with Gasteiger partial charge in [0.1, 0.15) is 17.3 Å². The minimum absolute atomic E-state index is 0.100. The Morgan fingerprint density at radius 1 is 1.12 bits per heavy atom. The molecule has 3 rings (SSSR count). The van der Waals surface area contributed by atoms with Crippen LogP contribution in [-0.4, -0.2) is 46.7 Å². The number of pyridine rings is 1. The Kier molecular flexibility index (Phi) is 7.01. The number of carboxylic acids is 1. The highest BCUT2D eigenvalue weighted by atomic mass is 16.6. The van der Waals surface area contributed by atoms with Crippen molar-refractivity contribution in [2.75, 3.05) is 7.11 Å². The van der Waals surface area contributed by atoms with E-state index in [1.807, 2.05) is 0 Å². The fourth-order valence-electron chi connectivity index (χ4n) is 4.23. The minimum atomic E-state index is -1.16. The van der Waals surface area contributed by atoms with Crippen molar-refractivity contribution in [2.24, 2.45) is 11.8 Å². The number of ketones is 1. The number of ether oxygens (including phenoxy) is 2. The second kappa shape index (κ2) is 9.54. The zero-order valence-electron chi connectivity index (χ0n) is 18.9. The largest absolute Gasteiger partial charge is 0.497 e. The lowest BCUT2D eigenvalue weighted by atomic mass is 9.75. The molecule has 1 fully saturated rings. The number of aliphatic carboxylic acids is 1. The molecule has 0 spiro atoms. The quantitative estimate of drug-likeness (QED) is 0.509. The molecule has 1 aromatic heterocycles. The molecule has 1 heterocycles. The molecule has 172 valence electrons. The molecular weight excluding hydrogens is 412 g/mol. The Morgan fingerprint density at radius 2 is 1.81 bits per heavy atom. The summed E-state index contributed by atoms with van der Waals surface area (Å²) >= 11 is 0. The van der Waals surface area contributed by atoms with Gasteiger partial charge in [-0.1, -0.05) is 0 Å². The lowest BCUT2D eigenvalue weighted by molar-refractivity contribution is -0.142. The lowest BCUT2D eigenvalue weighted by Gasteiger charge is -2.32. The predicted molar refractivity (Wildman–Crippen MR) is 119 cm³/mol. The molecule has 1 aromatic carbocycles. The topological polar surface area (TPSA) is 115 Å². The van der Waals surface area contributed by atoms with Gasteiger partial charge in [-0.15, -0.1) is 0 Å². The molecule has 1 unspecified atom stereocenters. The van der Waals surface area contributed by atoms with Crippen molar-refractivity contribution in [2.45, 2.75) is 58.1 Å². The molecule has 0 aliphatic heterocycles. The second-order valence-corrected chi connectivity index (χ2v) is 9.18. The summed E-state index contributed by atoms with van der Waals surface area (Å²) in [6.07, 6.45) is 3.26. The van der Waals surface area contributed by atoms with E-state index in [-0.39, 0.29) is 12.0 Å². The van der Waals surface area contributed by atoms with Crippen LogP contribution < -0.4 is 10.1 Å². The van der Waals surface area contributed by atoms with E-state index >= 15 is 0 Å². The predicted octanol–water partition coefficient (Wildman–Crippen LogP) is 4.21. The van der Waals surface area contributed by atoms with E-state index in [0.717, 1.165) is 0 Å². The van der Waals surface area contributed by atoms with E-state index in [0.29, 0.717) is 47.9 Å². The van der Waals surface area contributed by atoms with Crippen LogP contribution in [0.4, 0.5) is 4.79 Å². The molecule has 2 N–H and O–H groups in total. The van der Waals surface area contributed by atoms with E-state index in [2.05, 4.69) is 10.3 Å². The first-order chi connectivity index (χ1) is 15.1. The maximum Gasteiger partial charge on any atom is 0.407 e. The van der Waals surface area contributed by atoms with Gasteiger partial charge in [-0.05, 0) is 76.6 Å². The number of nitrogens with zero attached hydrogens (tertiary/aromatic N) is 1. The molecule has 1 atom stereocenters. The van der Waals surface area contributed by atoms with Gasteiger partial charge in [-0.3, -0.25) is 14.6 Å². The number of carboxylic acid groups (broad SMARTS) is 1. The number of alkyl carbamates (subject to hydrolysis) is 1. The molecule has 1 amide bonds. The third-order valence-corrected chi connectivity index (χ3v) is 5.73. The standard InChI is InChI=1S/C24H30N2O6/c1-24(2,3)32-23(30)26-15-7-5-14(6-8-15)20(22(28)29)21(27)17-11-12-25-19-10-9-16(31-4)13-18(17)19/h9-15,20H,5-8H2,1-4H3,(H,26,30)(H,28,29). The normalized spacial score (nSPS) is 19.8. The number of hydrogen-bond donors (Lipinski definition) is 2. The summed E-state index contributed by atoms with van der Waals surface area (Å²) in [6.45, 7) is 5.39. The second-order valence-electron chi connectivity index (χ2n) is 9.18. The summed E-state index contributed by atoms with van der Waals surface area (Å²) in [7, 11) is 1.53. The first-order valence-corrected chi connectivity index (χ1v) is 10.8. The number of fused-ring (bicyclic) bond motifs is 1. The SMILES string of the molecule is COc1ccc2nccc(C(=O)C(C(=O)O)C3CCC(NC(=O)OC(C)(C)C)CC3)c2c1. The molecule has 32 heavy (non-hydrogen) atoms. The van der Waals surface area contributed by atoms with Crippen molar-refractivity contribution in [1.82, 2.24) is 10.3 Å². The van der Waals surface area contributed by atoms with Crippen LogP contribution in [0, 0.1) is 11.8 Å². The summed E-state index contributed by atoms with van der Waals surface area (Å²) in [5, 5.41) is 13.3. The van der Waals surface area contributed by atoms with Crippen molar-refractivity contribution >= 4 is 28.7 Å². The van der Waals surface area contributed by atoms with Crippen LogP contribution >= 0.6 is 0 Å². The van der Waals surface area contributed by atoms with E-state index in [1.54, 1.807) is 45.0 Å². The van der Waals surface area contributed by atoms with Gasteiger partial charge in [0.25, 0.3) is 0 Å². The first-order valence-electron chi connectivity index (χ1n) is 10.8. The Balaban J connectivity index is 1.74. The number of carbonyl (C=O) groups is 3. The zero-order chi connectivity index (χ0) is 23.5. The summed E-state index contributed by atoms with van der Waals surface area (Å²) in [6, 6.07) is 6.66. The number of nitrogens with one attached hydrogen (secondary N) is 1. The van der Waals surface area contributed by atoms with Gasteiger partial charge in [0, 0.05) is 23.2 Å². The minimum Gasteiger partial charge on any atom is -0.497 e. The molecular formula is C24H30N2O6. The van der Waals surface area contributed by atoms with Crippen LogP contribution in [0.5, 0.6) is 5.75 Å². The van der Waals surface area contributed by atoms with E-state index in [4.69, 9.17) is 9.47 Å². The van der Waals surface area contributed by atoms with Gasteiger partial charge in [-0.2, -0.15) is 0 Å². The van der Waals surface area contributed by atoms with Crippen LogP contribution in [0.3, 0.4) is 0 Å². The molecule has 1 aliphatic rings. The van der Waals surface area contributed by atoms with Crippen molar-refractivity contribution < 1.29 is 29.0 Å². The number of aromatic nitrogens is 1. The van der Waals surface area contributed by atoms with E-state index in [9.17, 15) is 19.5 Å². The highest BCUT2D eigenvalue weighted by Gasteiger charge is 2.38. The third kappa shape index (κ3) is 5.55. The highest BCUT2D eigenvalue weighted by molar-refractivity contribution is 6.14. The summed E-state index contributed by atoms with van der Waals surface area (Å²) in [4.78, 5) is 41.8. The monoisotopic (exact) mass is 442 g/mol. The van der Waals surface area contributed by atoms with Crippen molar-refractivity contribution in [3.8, 4) is 5.75 Å². The maximum atomic E-state index is 13.4. The van der Waals surface area contributed by atoms with Gasteiger partial charge in [0.15, 0.2) is 5.78 Å². The smallest absolute Gasteiger partial charge is 0.407 e. The Morgan fingerprint density at radius 3 is 2.41 bits per heavy atom. The number of amides is 1. The Bertz CT molecular complexity index is 1010. The molecule has 0 bridgehead atoms. The van der Waals surface area contributed by atoms with Crippen molar-refractivity contribution in [1.29, 1.82) is 0 Å². The zero-order valence-corrected chi connectivity index (χ0v) is 18.9. The fourth-order valence-corrected chi connectivity index (χ4v) is 4.23. The van der Waals surface area contributed by atoms with Gasteiger partial charge in [0.05, 0.1) is 12.6 Å². The van der Waals surface area contributed by atoms with Gasteiger partial charge >= 0.3 is 12.1 Å². The molecule has 1 saturated carbocycles. The average molecular weight is 443 g/mol. The summed E-state index contributed by atoms with van der Waals surface area (Å²) in [5.74, 6) is -2.46. The molecule has 2 aromatic rings. The molecule has 8 nitrogen and oxygen atoms in total. The fraction of sp³-hybridized carbons (Fsp3) is 0.500. The first kappa shape index (κ1) is 23.5.